The molecule has 1 fully saturated rings. The van der Waals surface area contributed by atoms with Crippen molar-refractivity contribution in [3.05, 3.63) is 0 Å². The molecular formula is C10H17F3N2O. The Morgan fingerprint density at radius 3 is 2.62 bits per heavy atom. The molecule has 0 radical (unpaired) electrons. The second-order valence-electron chi connectivity index (χ2n) is 4.39. The normalized spacial score (nSPS) is 26.5. The maximum absolute atomic E-state index is 11.9. The monoisotopic (exact) mass is 238 g/mol. The van der Waals surface area contributed by atoms with Gasteiger partial charge in [0.2, 0.25) is 5.91 Å². The lowest BCUT2D eigenvalue weighted by Gasteiger charge is -2.26. The predicted molar refractivity (Wildman–Crippen MR) is 53.6 cm³/mol. The molecule has 1 rings (SSSR count). The van der Waals surface area contributed by atoms with E-state index < -0.39 is 18.5 Å². The average Bonchev–Trinajstić information content (AvgIpc) is 2.12. The van der Waals surface area contributed by atoms with Gasteiger partial charge in [0.05, 0.1) is 0 Å². The van der Waals surface area contributed by atoms with Crippen LogP contribution < -0.4 is 11.1 Å². The molecular weight excluding hydrogens is 221 g/mol. The zero-order valence-electron chi connectivity index (χ0n) is 9.02. The number of amides is 1. The highest BCUT2D eigenvalue weighted by atomic mass is 19.4. The molecule has 0 aliphatic heterocycles. The van der Waals surface area contributed by atoms with Crippen molar-refractivity contribution in [3.63, 3.8) is 0 Å². The van der Waals surface area contributed by atoms with Crippen molar-refractivity contribution in [1.82, 2.24) is 5.32 Å². The second-order valence-corrected chi connectivity index (χ2v) is 4.39. The molecule has 2 atom stereocenters. The molecule has 1 aliphatic rings. The van der Waals surface area contributed by atoms with Crippen LogP contribution in [0.2, 0.25) is 0 Å². The van der Waals surface area contributed by atoms with Gasteiger partial charge >= 0.3 is 6.18 Å². The van der Waals surface area contributed by atoms with E-state index in [4.69, 9.17) is 5.73 Å². The quantitative estimate of drug-likeness (QED) is 0.784. The van der Waals surface area contributed by atoms with E-state index in [-0.39, 0.29) is 12.0 Å². The van der Waals surface area contributed by atoms with Crippen molar-refractivity contribution in [2.75, 3.05) is 6.54 Å². The van der Waals surface area contributed by atoms with E-state index in [1.54, 1.807) is 0 Å². The lowest BCUT2D eigenvalue weighted by Crippen LogP contribution is -2.36. The first-order valence-corrected chi connectivity index (χ1v) is 5.46. The summed E-state index contributed by atoms with van der Waals surface area (Å²) in [7, 11) is 0. The first kappa shape index (κ1) is 13.3. The van der Waals surface area contributed by atoms with Crippen LogP contribution >= 0.6 is 0 Å². The number of halogens is 3. The number of carbonyl (C=O) groups excluding carboxylic acids is 1. The number of rotatable bonds is 3. The number of hydrogen-bond acceptors (Lipinski definition) is 2. The van der Waals surface area contributed by atoms with E-state index in [9.17, 15) is 18.0 Å². The second kappa shape index (κ2) is 5.52. The Morgan fingerprint density at radius 1 is 1.38 bits per heavy atom. The van der Waals surface area contributed by atoms with E-state index in [1.165, 1.54) is 0 Å². The average molecular weight is 238 g/mol. The third-order valence-corrected chi connectivity index (χ3v) is 2.77. The van der Waals surface area contributed by atoms with Crippen LogP contribution in [-0.4, -0.2) is 24.7 Å². The highest BCUT2D eigenvalue weighted by molar-refractivity contribution is 5.76. The van der Waals surface area contributed by atoms with Crippen molar-refractivity contribution >= 4 is 5.91 Å². The highest BCUT2D eigenvalue weighted by Crippen LogP contribution is 2.23. The fourth-order valence-electron chi connectivity index (χ4n) is 2.02. The van der Waals surface area contributed by atoms with Gasteiger partial charge in [-0.3, -0.25) is 4.79 Å². The van der Waals surface area contributed by atoms with Crippen LogP contribution in [0.1, 0.15) is 32.1 Å². The summed E-state index contributed by atoms with van der Waals surface area (Å²) < 4.78 is 35.6. The van der Waals surface area contributed by atoms with Crippen LogP contribution in [0.5, 0.6) is 0 Å². The van der Waals surface area contributed by atoms with Gasteiger partial charge in [0, 0.05) is 12.6 Å². The first-order chi connectivity index (χ1) is 7.37. The Morgan fingerprint density at radius 2 is 2.06 bits per heavy atom. The molecule has 94 valence electrons. The molecule has 1 saturated carbocycles. The van der Waals surface area contributed by atoms with Crippen LogP contribution in [-0.2, 0) is 4.79 Å². The third kappa shape index (κ3) is 5.34. The first-order valence-electron chi connectivity index (χ1n) is 5.46. The summed E-state index contributed by atoms with van der Waals surface area (Å²) in [5, 5.41) is 2.31. The zero-order valence-corrected chi connectivity index (χ0v) is 9.02. The molecule has 1 amide bonds. The number of hydrogen-bond donors (Lipinski definition) is 2. The van der Waals surface area contributed by atoms with E-state index in [0.717, 1.165) is 25.7 Å². The van der Waals surface area contributed by atoms with Crippen LogP contribution in [0.3, 0.4) is 0 Å². The predicted octanol–water partition coefficient (Wildman–Crippen LogP) is 1.57. The number of nitrogens with two attached hydrogens (primary N) is 1. The third-order valence-electron chi connectivity index (χ3n) is 2.77. The minimum absolute atomic E-state index is 0.123. The van der Waals surface area contributed by atoms with Crippen molar-refractivity contribution in [2.24, 2.45) is 11.7 Å². The summed E-state index contributed by atoms with van der Waals surface area (Å²) in [5.74, 6) is -0.729. The van der Waals surface area contributed by atoms with Crippen molar-refractivity contribution in [2.45, 2.75) is 44.3 Å². The SMILES string of the molecule is NC1CCCC(CNC(=O)CC(F)(F)F)C1. The number of carbonyl (C=O) groups is 1. The topological polar surface area (TPSA) is 55.1 Å². The lowest BCUT2D eigenvalue weighted by atomic mass is 9.86. The fourth-order valence-corrected chi connectivity index (χ4v) is 2.02. The Hall–Kier alpha value is -0.780. The van der Waals surface area contributed by atoms with Gasteiger partial charge < -0.3 is 11.1 Å². The summed E-state index contributed by atoms with van der Waals surface area (Å²) in [6.07, 6.45) is -2.15. The minimum atomic E-state index is -4.42. The molecule has 6 heteroatoms. The Kier molecular flexibility index (Phi) is 4.58. The van der Waals surface area contributed by atoms with Gasteiger partial charge in [-0.1, -0.05) is 6.42 Å². The molecule has 2 unspecified atom stereocenters. The summed E-state index contributed by atoms with van der Waals surface area (Å²) in [6, 6.07) is 0.123. The Bertz CT molecular complexity index is 243. The molecule has 0 bridgehead atoms. The van der Waals surface area contributed by atoms with Crippen LogP contribution in [0.4, 0.5) is 13.2 Å². The van der Waals surface area contributed by atoms with Crippen molar-refractivity contribution in [1.29, 1.82) is 0 Å². The van der Waals surface area contributed by atoms with Crippen molar-refractivity contribution in [3.8, 4) is 0 Å². The van der Waals surface area contributed by atoms with Gasteiger partial charge in [-0.2, -0.15) is 13.2 Å². The maximum atomic E-state index is 11.9. The minimum Gasteiger partial charge on any atom is -0.356 e. The summed E-state index contributed by atoms with van der Waals surface area (Å²) in [6.45, 7) is 0.308. The highest BCUT2D eigenvalue weighted by Gasteiger charge is 2.31. The largest absolute Gasteiger partial charge is 0.397 e. The lowest BCUT2D eigenvalue weighted by molar-refractivity contribution is -0.153. The molecule has 0 saturated heterocycles. The van der Waals surface area contributed by atoms with E-state index in [1.807, 2.05) is 0 Å². The van der Waals surface area contributed by atoms with Gasteiger partial charge in [0.25, 0.3) is 0 Å². The maximum Gasteiger partial charge on any atom is 0.397 e. The van der Waals surface area contributed by atoms with Crippen LogP contribution in [0, 0.1) is 5.92 Å². The molecule has 16 heavy (non-hydrogen) atoms. The molecule has 3 nitrogen and oxygen atoms in total. The zero-order chi connectivity index (χ0) is 12.2. The summed E-state index contributed by atoms with van der Waals surface area (Å²) in [5.41, 5.74) is 5.74. The summed E-state index contributed by atoms with van der Waals surface area (Å²) in [4.78, 5) is 10.9. The van der Waals surface area contributed by atoms with E-state index in [2.05, 4.69) is 5.32 Å². The Balaban J connectivity index is 2.21. The van der Waals surface area contributed by atoms with Gasteiger partial charge in [-0.05, 0) is 25.2 Å². The molecule has 0 aromatic heterocycles. The molecule has 0 aromatic carbocycles. The molecule has 0 heterocycles. The van der Waals surface area contributed by atoms with Gasteiger partial charge in [0.1, 0.15) is 6.42 Å². The number of nitrogens with one attached hydrogen (secondary N) is 1. The van der Waals surface area contributed by atoms with Gasteiger partial charge in [-0.15, -0.1) is 0 Å². The molecule has 0 spiro atoms. The standard InChI is InChI=1S/C10H17F3N2O/c11-10(12,13)5-9(16)15-6-7-2-1-3-8(14)4-7/h7-8H,1-6,14H2,(H,15,16). The number of alkyl halides is 3. The molecule has 1 aliphatic carbocycles. The fraction of sp³-hybridized carbons (Fsp3) is 0.900. The van der Waals surface area contributed by atoms with E-state index in [0.29, 0.717) is 6.54 Å². The van der Waals surface area contributed by atoms with Crippen LogP contribution in [0.15, 0.2) is 0 Å². The Labute approximate surface area is 92.6 Å². The molecule has 0 aromatic rings. The van der Waals surface area contributed by atoms with Crippen LogP contribution in [0.25, 0.3) is 0 Å². The summed E-state index contributed by atoms with van der Waals surface area (Å²) >= 11 is 0. The van der Waals surface area contributed by atoms with Gasteiger partial charge in [0.15, 0.2) is 0 Å². The van der Waals surface area contributed by atoms with Crippen molar-refractivity contribution < 1.29 is 18.0 Å². The van der Waals surface area contributed by atoms with Gasteiger partial charge in [-0.25, -0.2) is 0 Å². The smallest absolute Gasteiger partial charge is 0.356 e. The van der Waals surface area contributed by atoms with E-state index >= 15 is 0 Å². The molecule has 3 N–H and O–H groups in total.